The fraction of sp³-hybridized carbons (Fsp3) is 1.00. The number of hydrogen-bond donors (Lipinski definition) is 0. The summed E-state index contributed by atoms with van der Waals surface area (Å²) in [4.78, 5) is 0. The van der Waals surface area contributed by atoms with Gasteiger partial charge in [-0.3, -0.25) is 0 Å². The van der Waals surface area contributed by atoms with E-state index in [1.807, 2.05) is 0 Å². The third-order valence-corrected chi connectivity index (χ3v) is 5.14. The van der Waals surface area contributed by atoms with Crippen LogP contribution in [0, 0.1) is 5.92 Å². The van der Waals surface area contributed by atoms with Crippen LogP contribution in [0.15, 0.2) is 0 Å². The molecule has 0 aromatic rings. The zero-order chi connectivity index (χ0) is 8.06. The molecule has 1 saturated carbocycles. The van der Waals surface area contributed by atoms with Crippen LogP contribution in [-0.4, -0.2) is 32.6 Å². The van der Waals surface area contributed by atoms with Gasteiger partial charge in [-0.05, 0) is 12.8 Å². The summed E-state index contributed by atoms with van der Waals surface area (Å²) in [5.41, 5.74) is 0. The number of hydrogen-bond acceptors (Lipinski definition) is 3. The fourth-order valence-electron chi connectivity index (χ4n) is 2.23. The van der Waals surface area contributed by atoms with Gasteiger partial charge >= 0.3 is 0 Å². The molecule has 0 radical (unpaired) electrons. The van der Waals surface area contributed by atoms with Crippen molar-refractivity contribution < 1.29 is 13.2 Å². The van der Waals surface area contributed by atoms with Gasteiger partial charge in [0.1, 0.15) is 0 Å². The zero-order valence-electron chi connectivity index (χ0n) is 6.49. The standard InChI is InChI=1S/C7H12O3S/c1-10-7-3-6-2-5(7)4-11(6,8)9/h5-7H,2-4H2,1H3. The van der Waals surface area contributed by atoms with Crippen molar-refractivity contribution in [2.24, 2.45) is 5.92 Å². The van der Waals surface area contributed by atoms with Crippen LogP contribution >= 0.6 is 0 Å². The van der Waals surface area contributed by atoms with E-state index in [1.54, 1.807) is 7.11 Å². The van der Waals surface area contributed by atoms with E-state index in [9.17, 15) is 8.42 Å². The first-order chi connectivity index (χ1) is 5.13. The van der Waals surface area contributed by atoms with Crippen molar-refractivity contribution in [1.29, 1.82) is 0 Å². The smallest absolute Gasteiger partial charge is 0.153 e. The van der Waals surface area contributed by atoms with Crippen LogP contribution in [0.25, 0.3) is 0 Å². The van der Waals surface area contributed by atoms with Crippen LogP contribution in [-0.2, 0) is 14.6 Å². The topological polar surface area (TPSA) is 43.4 Å². The van der Waals surface area contributed by atoms with Crippen molar-refractivity contribution in [2.45, 2.75) is 24.2 Å². The highest BCUT2D eigenvalue weighted by atomic mass is 32.2. The largest absolute Gasteiger partial charge is 0.381 e. The molecular formula is C7H12O3S. The van der Waals surface area contributed by atoms with Crippen molar-refractivity contribution in [2.75, 3.05) is 12.9 Å². The van der Waals surface area contributed by atoms with E-state index in [1.165, 1.54) is 0 Å². The van der Waals surface area contributed by atoms with Gasteiger partial charge in [-0.1, -0.05) is 0 Å². The van der Waals surface area contributed by atoms with Gasteiger partial charge in [-0.25, -0.2) is 8.42 Å². The molecule has 0 aromatic heterocycles. The van der Waals surface area contributed by atoms with Crippen molar-refractivity contribution in [3.05, 3.63) is 0 Å². The molecule has 2 rings (SSSR count). The molecule has 2 bridgehead atoms. The average molecular weight is 176 g/mol. The van der Waals surface area contributed by atoms with Gasteiger partial charge in [0.15, 0.2) is 9.84 Å². The summed E-state index contributed by atoms with van der Waals surface area (Å²) < 4.78 is 27.6. The first-order valence-electron chi connectivity index (χ1n) is 3.88. The maximum atomic E-state index is 11.2. The molecule has 2 aliphatic rings. The van der Waals surface area contributed by atoms with E-state index in [4.69, 9.17) is 4.74 Å². The first-order valence-corrected chi connectivity index (χ1v) is 5.59. The molecule has 0 aromatic carbocycles. The molecule has 0 amide bonds. The Morgan fingerprint density at radius 1 is 1.36 bits per heavy atom. The second-order valence-electron chi connectivity index (χ2n) is 3.46. The Kier molecular flexibility index (Phi) is 1.51. The minimum absolute atomic E-state index is 0.0857. The van der Waals surface area contributed by atoms with Crippen LogP contribution in [0.1, 0.15) is 12.8 Å². The molecule has 1 aliphatic heterocycles. The molecule has 64 valence electrons. The maximum absolute atomic E-state index is 11.2. The van der Waals surface area contributed by atoms with Gasteiger partial charge < -0.3 is 4.74 Å². The molecule has 3 nitrogen and oxygen atoms in total. The lowest BCUT2D eigenvalue weighted by Gasteiger charge is -2.19. The summed E-state index contributed by atoms with van der Waals surface area (Å²) in [6, 6.07) is 0. The molecule has 3 atom stereocenters. The summed E-state index contributed by atoms with van der Waals surface area (Å²) in [7, 11) is -1.05. The van der Waals surface area contributed by atoms with Crippen LogP contribution in [0.2, 0.25) is 0 Å². The Hall–Kier alpha value is -0.0900. The van der Waals surface area contributed by atoms with E-state index >= 15 is 0 Å². The van der Waals surface area contributed by atoms with Crippen molar-refractivity contribution in [3.8, 4) is 0 Å². The van der Waals surface area contributed by atoms with E-state index in [0.29, 0.717) is 5.75 Å². The van der Waals surface area contributed by atoms with Crippen LogP contribution in [0.4, 0.5) is 0 Å². The number of sulfone groups is 1. The van der Waals surface area contributed by atoms with Gasteiger partial charge in [0.2, 0.25) is 0 Å². The summed E-state index contributed by atoms with van der Waals surface area (Å²) in [5.74, 6) is 0.644. The molecule has 3 unspecified atom stereocenters. The Morgan fingerprint density at radius 3 is 2.45 bits per heavy atom. The van der Waals surface area contributed by atoms with Crippen molar-refractivity contribution in [3.63, 3.8) is 0 Å². The normalized spacial score (nSPS) is 46.5. The summed E-state index contributed by atoms with van der Waals surface area (Å²) in [6.07, 6.45) is 1.77. The summed E-state index contributed by atoms with van der Waals surface area (Å²) in [5, 5.41) is -0.0857. The lowest BCUT2D eigenvalue weighted by molar-refractivity contribution is 0.0767. The second kappa shape index (κ2) is 2.20. The van der Waals surface area contributed by atoms with Crippen LogP contribution < -0.4 is 0 Å². The van der Waals surface area contributed by atoms with E-state index in [-0.39, 0.29) is 17.3 Å². The lowest BCUT2D eigenvalue weighted by Crippen LogP contribution is -2.29. The Morgan fingerprint density at radius 2 is 2.09 bits per heavy atom. The SMILES string of the molecule is COC1CC2CC1CS2(=O)=O. The van der Waals surface area contributed by atoms with Crippen LogP contribution in [0.5, 0.6) is 0 Å². The Balaban J connectivity index is 2.21. The molecule has 4 heteroatoms. The van der Waals surface area contributed by atoms with E-state index in [2.05, 4.69) is 0 Å². The minimum atomic E-state index is -2.71. The minimum Gasteiger partial charge on any atom is -0.381 e. The quantitative estimate of drug-likeness (QED) is 0.573. The first kappa shape index (κ1) is 7.55. The van der Waals surface area contributed by atoms with Gasteiger partial charge in [-0.15, -0.1) is 0 Å². The molecule has 1 heterocycles. The summed E-state index contributed by atoms with van der Waals surface area (Å²) in [6.45, 7) is 0. The summed E-state index contributed by atoms with van der Waals surface area (Å²) >= 11 is 0. The number of fused-ring (bicyclic) bond motifs is 2. The van der Waals surface area contributed by atoms with Gasteiger partial charge in [0, 0.05) is 13.0 Å². The molecule has 11 heavy (non-hydrogen) atoms. The van der Waals surface area contributed by atoms with Crippen molar-refractivity contribution >= 4 is 9.84 Å². The molecule has 1 saturated heterocycles. The van der Waals surface area contributed by atoms with Gasteiger partial charge in [0.25, 0.3) is 0 Å². The fourth-order valence-corrected chi connectivity index (χ4v) is 4.47. The van der Waals surface area contributed by atoms with Gasteiger partial charge in [0.05, 0.1) is 17.1 Å². The predicted molar refractivity (Wildman–Crippen MR) is 41.1 cm³/mol. The number of methoxy groups -OCH3 is 1. The zero-order valence-corrected chi connectivity index (χ0v) is 7.30. The third kappa shape index (κ3) is 0.999. The van der Waals surface area contributed by atoms with E-state index < -0.39 is 9.84 Å². The number of rotatable bonds is 1. The number of ether oxygens (including phenoxy) is 1. The highest BCUT2D eigenvalue weighted by Crippen LogP contribution is 2.40. The molecular weight excluding hydrogens is 164 g/mol. The van der Waals surface area contributed by atoms with Crippen LogP contribution in [0.3, 0.4) is 0 Å². The highest BCUT2D eigenvalue weighted by molar-refractivity contribution is 7.92. The lowest BCUT2D eigenvalue weighted by atomic mass is 10.1. The van der Waals surface area contributed by atoms with Gasteiger partial charge in [-0.2, -0.15) is 0 Å². The molecule has 0 N–H and O–H groups in total. The Labute approximate surface area is 66.7 Å². The maximum Gasteiger partial charge on any atom is 0.153 e. The molecule has 2 fully saturated rings. The average Bonchev–Trinajstić information content (AvgIpc) is 2.41. The molecule has 0 spiro atoms. The third-order valence-electron chi connectivity index (χ3n) is 2.84. The van der Waals surface area contributed by atoms with E-state index in [0.717, 1.165) is 12.8 Å². The van der Waals surface area contributed by atoms with Crippen molar-refractivity contribution in [1.82, 2.24) is 0 Å². The molecule has 1 aliphatic carbocycles. The predicted octanol–water partition coefficient (Wildman–Crippen LogP) is 0.208. The monoisotopic (exact) mass is 176 g/mol. The Bertz CT molecular complexity index is 257. The highest BCUT2D eigenvalue weighted by Gasteiger charge is 2.49. The second-order valence-corrected chi connectivity index (χ2v) is 5.78.